The van der Waals surface area contributed by atoms with Crippen LogP contribution in [0, 0.1) is 11.3 Å². The Balaban J connectivity index is 2.84. The third-order valence-corrected chi connectivity index (χ3v) is 2.98. The SMILES string of the molecule is CCN(CC)c1ccc(C(C#N)NC(C)C)cc1. The van der Waals surface area contributed by atoms with Crippen molar-refractivity contribution in [2.45, 2.75) is 39.8 Å². The van der Waals surface area contributed by atoms with E-state index in [4.69, 9.17) is 0 Å². The van der Waals surface area contributed by atoms with Gasteiger partial charge in [0.15, 0.2) is 0 Å². The predicted molar refractivity (Wildman–Crippen MR) is 76.6 cm³/mol. The fraction of sp³-hybridized carbons (Fsp3) is 0.533. The molecule has 1 unspecified atom stereocenters. The van der Waals surface area contributed by atoms with E-state index in [0.717, 1.165) is 18.7 Å². The van der Waals surface area contributed by atoms with Gasteiger partial charge in [-0.1, -0.05) is 12.1 Å². The Morgan fingerprint density at radius 2 is 1.72 bits per heavy atom. The summed E-state index contributed by atoms with van der Waals surface area (Å²) in [4.78, 5) is 2.29. The Bertz CT molecular complexity index is 385. The minimum Gasteiger partial charge on any atom is -0.372 e. The van der Waals surface area contributed by atoms with Crippen LogP contribution in [0.25, 0.3) is 0 Å². The van der Waals surface area contributed by atoms with Crippen LogP contribution >= 0.6 is 0 Å². The Kier molecular flexibility index (Phi) is 5.67. The molecule has 0 saturated carbocycles. The van der Waals surface area contributed by atoms with Crippen molar-refractivity contribution < 1.29 is 0 Å². The molecule has 0 saturated heterocycles. The predicted octanol–water partition coefficient (Wildman–Crippen LogP) is 3.10. The van der Waals surface area contributed by atoms with E-state index in [1.54, 1.807) is 0 Å². The quantitative estimate of drug-likeness (QED) is 0.837. The summed E-state index contributed by atoms with van der Waals surface area (Å²) in [5.41, 5.74) is 2.24. The van der Waals surface area contributed by atoms with E-state index in [1.165, 1.54) is 5.69 Å². The van der Waals surface area contributed by atoms with Gasteiger partial charge in [0.05, 0.1) is 6.07 Å². The molecular weight excluding hydrogens is 222 g/mol. The highest BCUT2D eigenvalue weighted by atomic mass is 15.1. The smallest absolute Gasteiger partial charge is 0.121 e. The fourth-order valence-electron chi connectivity index (χ4n) is 2.01. The van der Waals surface area contributed by atoms with Crippen molar-refractivity contribution in [1.29, 1.82) is 5.26 Å². The van der Waals surface area contributed by atoms with Crippen LogP contribution in [0.3, 0.4) is 0 Å². The number of hydrogen-bond acceptors (Lipinski definition) is 3. The molecule has 0 aromatic heterocycles. The van der Waals surface area contributed by atoms with E-state index >= 15 is 0 Å². The lowest BCUT2D eigenvalue weighted by Gasteiger charge is -2.22. The van der Waals surface area contributed by atoms with Crippen LogP contribution in [0.1, 0.15) is 39.3 Å². The van der Waals surface area contributed by atoms with E-state index in [0.29, 0.717) is 6.04 Å². The lowest BCUT2D eigenvalue weighted by atomic mass is 10.1. The monoisotopic (exact) mass is 245 g/mol. The molecule has 1 aromatic rings. The first-order valence-electron chi connectivity index (χ1n) is 6.62. The second-order valence-corrected chi connectivity index (χ2v) is 4.65. The average molecular weight is 245 g/mol. The zero-order valence-electron chi connectivity index (χ0n) is 11.8. The van der Waals surface area contributed by atoms with Gasteiger partial charge in [-0.25, -0.2) is 0 Å². The molecule has 0 bridgehead atoms. The highest BCUT2D eigenvalue weighted by Crippen LogP contribution is 2.19. The number of nitrogens with zero attached hydrogens (tertiary/aromatic N) is 2. The van der Waals surface area contributed by atoms with Crippen LogP contribution in [-0.2, 0) is 0 Å². The van der Waals surface area contributed by atoms with Gasteiger partial charge in [0.2, 0.25) is 0 Å². The van der Waals surface area contributed by atoms with Gasteiger partial charge in [0, 0.05) is 24.8 Å². The molecule has 0 amide bonds. The van der Waals surface area contributed by atoms with Crippen molar-refractivity contribution in [3.63, 3.8) is 0 Å². The van der Waals surface area contributed by atoms with E-state index < -0.39 is 0 Å². The van der Waals surface area contributed by atoms with Gasteiger partial charge in [-0.05, 0) is 45.4 Å². The zero-order valence-corrected chi connectivity index (χ0v) is 11.8. The number of anilines is 1. The molecule has 1 atom stereocenters. The summed E-state index contributed by atoms with van der Waals surface area (Å²) in [5.74, 6) is 0. The van der Waals surface area contributed by atoms with Crippen molar-refractivity contribution in [2.75, 3.05) is 18.0 Å². The van der Waals surface area contributed by atoms with Gasteiger partial charge >= 0.3 is 0 Å². The lowest BCUT2D eigenvalue weighted by Crippen LogP contribution is -2.27. The van der Waals surface area contributed by atoms with Gasteiger partial charge in [-0.3, -0.25) is 5.32 Å². The molecule has 1 rings (SSSR count). The first-order valence-corrected chi connectivity index (χ1v) is 6.62. The second kappa shape index (κ2) is 7.03. The first-order chi connectivity index (χ1) is 8.62. The topological polar surface area (TPSA) is 39.1 Å². The van der Waals surface area contributed by atoms with E-state index in [1.807, 2.05) is 12.1 Å². The van der Waals surface area contributed by atoms with Crippen LogP contribution in [0.2, 0.25) is 0 Å². The van der Waals surface area contributed by atoms with E-state index in [9.17, 15) is 5.26 Å². The van der Waals surface area contributed by atoms with Crippen molar-refractivity contribution >= 4 is 5.69 Å². The third-order valence-electron chi connectivity index (χ3n) is 2.98. The highest BCUT2D eigenvalue weighted by Gasteiger charge is 2.11. The summed E-state index contributed by atoms with van der Waals surface area (Å²) in [5, 5.41) is 12.4. The molecule has 0 heterocycles. The summed E-state index contributed by atoms with van der Waals surface area (Å²) in [6.07, 6.45) is 0. The van der Waals surface area contributed by atoms with Gasteiger partial charge in [-0.15, -0.1) is 0 Å². The summed E-state index contributed by atoms with van der Waals surface area (Å²) >= 11 is 0. The van der Waals surface area contributed by atoms with Crippen LogP contribution in [0.15, 0.2) is 24.3 Å². The minimum atomic E-state index is -0.226. The molecule has 0 spiro atoms. The molecule has 3 heteroatoms. The van der Waals surface area contributed by atoms with Crippen LogP contribution in [0.5, 0.6) is 0 Å². The average Bonchev–Trinajstić information content (AvgIpc) is 2.38. The van der Waals surface area contributed by atoms with Crippen molar-refractivity contribution in [2.24, 2.45) is 0 Å². The zero-order chi connectivity index (χ0) is 13.5. The van der Waals surface area contributed by atoms with Gasteiger partial charge in [0.25, 0.3) is 0 Å². The maximum Gasteiger partial charge on any atom is 0.121 e. The number of rotatable bonds is 6. The Morgan fingerprint density at radius 3 is 2.11 bits per heavy atom. The second-order valence-electron chi connectivity index (χ2n) is 4.65. The van der Waals surface area contributed by atoms with Gasteiger partial charge in [-0.2, -0.15) is 5.26 Å². The van der Waals surface area contributed by atoms with Crippen molar-refractivity contribution in [3.8, 4) is 6.07 Å². The fourth-order valence-corrected chi connectivity index (χ4v) is 2.01. The molecule has 0 aliphatic heterocycles. The summed E-state index contributed by atoms with van der Waals surface area (Å²) in [6.45, 7) is 10.4. The summed E-state index contributed by atoms with van der Waals surface area (Å²) in [6, 6.07) is 10.6. The molecule has 3 nitrogen and oxygen atoms in total. The molecule has 18 heavy (non-hydrogen) atoms. The Hall–Kier alpha value is -1.53. The highest BCUT2D eigenvalue weighted by molar-refractivity contribution is 5.48. The summed E-state index contributed by atoms with van der Waals surface area (Å²) < 4.78 is 0. The largest absolute Gasteiger partial charge is 0.372 e. The minimum absolute atomic E-state index is 0.226. The maximum absolute atomic E-state index is 9.18. The molecule has 0 fully saturated rings. The third kappa shape index (κ3) is 3.75. The number of benzene rings is 1. The van der Waals surface area contributed by atoms with Crippen molar-refractivity contribution in [1.82, 2.24) is 5.32 Å². The van der Waals surface area contributed by atoms with Gasteiger partial charge < -0.3 is 4.90 Å². The lowest BCUT2D eigenvalue weighted by molar-refractivity contribution is 0.546. The number of nitrogens with one attached hydrogen (secondary N) is 1. The molecular formula is C15H23N3. The molecule has 1 N–H and O–H groups in total. The molecule has 1 aromatic carbocycles. The molecule has 0 aliphatic carbocycles. The van der Waals surface area contributed by atoms with Crippen LogP contribution < -0.4 is 10.2 Å². The summed E-state index contributed by atoms with van der Waals surface area (Å²) in [7, 11) is 0. The number of hydrogen-bond donors (Lipinski definition) is 1. The molecule has 0 aliphatic rings. The van der Waals surface area contributed by atoms with E-state index in [-0.39, 0.29) is 6.04 Å². The number of nitriles is 1. The normalized spacial score (nSPS) is 12.2. The molecule has 98 valence electrons. The Morgan fingerprint density at radius 1 is 1.17 bits per heavy atom. The van der Waals surface area contributed by atoms with E-state index in [2.05, 4.69) is 56.1 Å². The Labute approximate surface area is 110 Å². The maximum atomic E-state index is 9.18. The van der Waals surface area contributed by atoms with Crippen LogP contribution in [-0.4, -0.2) is 19.1 Å². The molecule has 0 radical (unpaired) electrons. The van der Waals surface area contributed by atoms with Gasteiger partial charge in [0.1, 0.15) is 6.04 Å². The standard InChI is InChI=1S/C15H23N3/c1-5-18(6-2)14-9-7-13(8-10-14)15(11-16)17-12(3)4/h7-10,12,15,17H,5-6H2,1-4H3. The first kappa shape index (κ1) is 14.5. The van der Waals surface area contributed by atoms with Crippen molar-refractivity contribution in [3.05, 3.63) is 29.8 Å². The van der Waals surface area contributed by atoms with Crippen LogP contribution in [0.4, 0.5) is 5.69 Å².